The van der Waals surface area contributed by atoms with Crippen molar-refractivity contribution >= 4 is 49.9 Å². The summed E-state index contributed by atoms with van der Waals surface area (Å²) in [6, 6.07) is 20.3. The van der Waals surface area contributed by atoms with Crippen molar-refractivity contribution < 1.29 is 17.9 Å². The van der Waals surface area contributed by atoms with E-state index in [1.807, 2.05) is 48.5 Å². The van der Waals surface area contributed by atoms with Gasteiger partial charge in [0.25, 0.3) is 15.9 Å². The van der Waals surface area contributed by atoms with Gasteiger partial charge < -0.3 is 15.0 Å². The number of fused-ring (bicyclic) bond motifs is 3. The average Bonchev–Trinajstić information content (AvgIpc) is 3.75. The molecule has 40 heavy (non-hydrogen) atoms. The lowest BCUT2D eigenvalue weighted by Gasteiger charge is -2.20. The summed E-state index contributed by atoms with van der Waals surface area (Å²) in [6.07, 6.45) is 4.98. The van der Waals surface area contributed by atoms with Gasteiger partial charge in [-0.05, 0) is 92.5 Å². The first-order valence-corrected chi connectivity index (χ1v) is 15.2. The standard InChI is InChI=1S/C31H30N4O4S/c36-31-27(19-23-17-22-18-24(7-9-28(22)32-23)39-16-15-34-12-3-4-13-34)26-20-25(8-10-29(26)33-31)40(37,38)35-14-11-21-5-1-2-6-30(21)35/h1-2,5-10,17-20,32H,3-4,11-16H2,(H,33,36)/b27-19+. The molecule has 0 unspecified atom stereocenters. The van der Waals surface area contributed by atoms with E-state index in [2.05, 4.69) is 15.2 Å². The SMILES string of the molecule is O=C1Nc2ccc(S(=O)(=O)N3CCc4ccccc43)cc2/C1=C\c1cc2cc(OCCN3CCCC3)ccc2[nH]1. The number of carbonyl (C=O) groups is 1. The third-order valence-electron chi connectivity index (χ3n) is 7.99. The van der Waals surface area contributed by atoms with Crippen LogP contribution in [0.2, 0.25) is 0 Å². The van der Waals surface area contributed by atoms with Crippen LogP contribution in [-0.4, -0.2) is 57.0 Å². The fourth-order valence-corrected chi connectivity index (χ4v) is 7.44. The predicted molar refractivity (Wildman–Crippen MR) is 157 cm³/mol. The molecule has 4 aromatic rings. The van der Waals surface area contributed by atoms with Crippen molar-refractivity contribution in [3.8, 4) is 5.75 Å². The van der Waals surface area contributed by atoms with E-state index in [9.17, 15) is 13.2 Å². The molecule has 1 fully saturated rings. The molecule has 1 aromatic heterocycles. The lowest BCUT2D eigenvalue weighted by Crippen LogP contribution is -2.29. The minimum atomic E-state index is -3.78. The van der Waals surface area contributed by atoms with Gasteiger partial charge in [-0.25, -0.2) is 8.42 Å². The molecule has 2 N–H and O–H groups in total. The van der Waals surface area contributed by atoms with Gasteiger partial charge in [-0.1, -0.05) is 18.2 Å². The minimum Gasteiger partial charge on any atom is -0.492 e. The first-order valence-electron chi connectivity index (χ1n) is 13.7. The second-order valence-corrected chi connectivity index (χ2v) is 12.4. The molecule has 204 valence electrons. The number of ether oxygens (including phenoxy) is 1. The van der Waals surface area contributed by atoms with Crippen molar-refractivity contribution in [2.75, 3.05) is 42.4 Å². The number of hydrogen-bond acceptors (Lipinski definition) is 5. The number of hydrogen-bond donors (Lipinski definition) is 2. The fourth-order valence-electron chi connectivity index (χ4n) is 5.91. The fraction of sp³-hybridized carbons (Fsp3) is 0.258. The van der Waals surface area contributed by atoms with Gasteiger partial charge in [0.15, 0.2) is 0 Å². The lowest BCUT2D eigenvalue weighted by molar-refractivity contribution is -0.110. The Labute approximate surface area is 233 Å². The molecule has 3 aliphatic heterocycles. The minimum absolute atomic E-state index is 0.165. The van der Waals surface area contributed by atoms with Gasteiger partial charge in [0.1, 0.15) is 12.4 Å². The molecule has 0 atom stereocenters. The number of aromatic nitrogens is 1. The summed E-state index contributed by atoms with van der Waals surface area (Å²) in [6.45, 7) is 4.28. The maximum Gasteiger partial charge on any atom is 0.264 e. The molecule has 4 heterocycles. The van der Waals surface area contributed by atoms with Crippen molar-refractivity contribution in [1.82, 2.24) is 9.88 Å². The number of benzene rings is 3. The molecule has 0 saturated carbocycles. The highest BCUT2D eigenvalue weighted by Gasteiger charge is 2.33. The number of nitrogens with one attached hydrogen (secondary N) is 2. The monoisotopic (exact) mass is 554 g/mol. The normalized spacial score (nSPS) is 17.9. The van der Waals surface area contributed by atoms with Crippen LogP contribution in [0, 0.1) is 0 Å². The quantitative estimate of drug-likeness (QED) is 0.318. The number of aromatic amines is 1. The first kappa shape index (κ1) is 24.9. The van der Waals surface area contributed by atoms with E-state index in [4.69, 9.17) is 4.74 Å². The van der Waals surface area contributed by atoms with Crippen LogP contribution in [0.3, 0.4) is 0 Å². The lowest BCUT2D eigenvalue weighted by atomic mass is 10.1. The highest BCUT2D eigenvalue weighted by Crippen LogP contribution is 2.38. The summed E-state index contributed by atoms with van der Waals surface area (Å²) in [5, 5.41) is 3.85. The largest absolute Gasteiger partial charge is 0.492 e. The Morgan fingerprint density at radius 1 is 0.950 bits per heavy atom. The number of anilines is 2. The third-order valence-corrected chi connectivity index (χ3v) is 9.80. The molecular formula is C31H30N4O4S. The van der Waals surface area contributed by atoms with Crippen LogP contribution in [-0.2, 0) is 21.2 Å². The van der Waals surface area contributed by atoms with E-state index in [0.717, 1.165) is 47.5 Å². The molecule has 9 heteroatoms. The molecule has 7 rings (SSSR count). The number of nitrogens with zero attached hydrogens (tertiary/aromatic N) is 2. The number of carbonyl (C=O) groups excluding carboxylic acids is 1. The Kier molecular flexibility index (Phi) is 6.13. The average molecular weight is 555 g/mol. The first-order chi connectivity index (χ1) is 19.5. The summed E-state index contributed by atoms with van der Waals surface area (Å²) in [5.41, 5.74) is 5.01. The summed E-state index contributed by atoms with van der Waals surface area (Å²) < 4.78 is 34.7. The van der Waals surface area contributed by atoms with Crippen LogP contribution in [0.1, 0.15) is 29.7 Å². The van der Waals surface area contributed by atoms with Crippen LogP contribution in [0.25, 0.3) is 22.6 Å². The van der Waals surface area contributed by atoms with Crippen molar-refractivity contribution in [3.63, 3.8) is 0 Å². The van der Waals surface area contributed by atoms with Crippen LogP contribution >= 0.6 is 0 Å². The van der Waals surface area contributed by atoms with Gasteiger partial charge >= 0.3 is 0 Å². The smallest absolute Gasteiger partial charge is 0.264 e. The predicted octanol–water partition coefficient (Wildman–Crippen LogP) is 4.89. The third kappa shape index (κ3) is 4.45. The van der Waals surface area contributed by atoms with E-state index in [1.54, 1.807) is 24.3 Å². The molecule has 0 radical (unpaired) electrons. The number of likely N-dealkylation sites (tertiary alicyclic amines) is 1. The van der Waals surface area contributed by atoms with Crippen molar-refractivity contribution in [1.29, 1.82) is 0 Å². The van der Waals surface area contributed by atoms with Crippen molar-refractivity contribution in [2.45, 2.75) is 24.2 Å². The van der Waals surface area contributed by atoms with E-state index >= 15 is 0 Å². The molecule has 1 amide bonds. The molecule has 1 saturated heterocycles. The molecule has 0 aliphatic carbocycles. The van der Waals surface area contributed by atoms with E-state index in [-0.39, 0.29) is 10.8 Å². The molecule has 8 nitrogen and oxygen atoms in total. The molecule has 0 spiro atoms. The maximum absolute atomic E-state index is 13.6. The van der Waals surface area contributed by atoms with Crippen LogP contribution in [0.4, 0.5) is 11.4 Å². The number of rotatable bonds is 7. The second kappa shape index (κ2) is 9.83. The van der Waals surface area contributed by atoms with Crippen LogP contribution < -0.4 is 14.4 Å². The second-order valence-electron chi connectivity index (χ2n) is 10.5. The summed E-state index contributed by atoms with van der Waals surface area (Å²) in [7, 11) is -3.78. The highest BCUT2D eigenvalue weighted by atomic mass is 32.2. The maximum atomic E-state index is 13.6. The van der Waals surface area contributed by atoms with Gasteiger partial charge in [0.2, 0.25) is 0 Å². The summed E-state index contributed by atoms with van der Waals surface area (Å²) >= 11 is 0. The van der Waals surface area contributed by atoms with Gasteiger partial charge in [-0.3, -0.25) is 14.0 Å². The molecule has 3 aromatic carbocycles. The Hall–Kier alpha value is -4.08. The Bertz CT molecular complexity index is 1770. The highest BCUT2D eigenvalue weighted by molar-refractivity contribution is 7.92. The number of para-hydroxylation sites is 1. The van der Waals surface area contributed by atoms with Crippen molar-refractivity contribution in [2.24, 2.45) is 0 Å². The number of H-pyrrole nitrogens is 1. The van der Waals surface area contributed by atoms with Gasteiger partial charge in [-0.2, -0.15) is 0 Å². The van der Waals surface area contributed by atoms with Gasteiger partial charge in [0, 0.05) is 40.9 Å². The summed E-state index contributed by atoms with van der Waals surface area (Å²) in [5.74, 6) is 0.549. The van der Waals surface area contributed by atoms with Crippen LogP contribution in [0.15, 0.2) is 71.6 Å². The zero-order valence-corrected chi connectivity index (χ0v) is 22.8. The molecule has 0 bridgehead atoms. The zero-order chi connectivity index (χ0) is 27.3. The molecule has 3 aliphatic rings. The van der Waals surface area contributed by atoms with Crippen LogP contribution in [0.5, 0.6) is 5.75 Å². The van der Waals surface area contributed by atoms with Gasteiger partial charge in [-0.15, -0.1) is 0 Å². The Balaban J connectivity index is 1.15. The zero-order valence-electron chi connectivity index (χ0n) is 22.0. The topological polar surface area (TPSA) is 94.7 Å². The van der Waals surface area contributed by atoms with E-state index < -0.39 is 10.0 Å². The van der Waals surface area contributed by atoms with Crippen molar-refractivity contribution in [3.05, 3.63) is 83.6 Å². The van der Waals surface area contributed by atoms with E-state index in [0.29, 0.717) is 42.1 Å². The number of amides is 1. The van der Waals surface area contributed by atoms with Gasteiger partial charge in [0.05, 0.1) is 16.2 Å². The summed E-state index contributed by atoms with van der Waals surface area (Å²) in [4.78, 5) is 18.9. The Morgan fingerprint density at radius 3 is 2.67 bits per heavy atom. The molecular weight excluding hydrogens is 524 g/mol. The number of sulfonamides is 1. The van der Waals surface area contributed by atoms with E-state index in [1.165, 1.54) is 17.1 Å². The Morgan fingerprint density at radius 2 is 1.80 bits per heavy atom.